The summed E-state index contributed by atoms with van der Waals surface area (Å²) < 4.78 is 20.7. The average Bonchev–Trinajstić information content (AvgIpc) is 3.28. The van der Waals surface area contributed by atoms with E-state index in [9.17, 15) is 9.18 Å². The van der Waals surface area contributed by atoms with Gasteiger partial charge in [0.1, 0.15) is 23.2 Å². The first-order chi connectivity index (χ1) is 15.2. The van der Waals surface area contributed by atoms with Gasteiger partial charge in [-0.3, -0.25) is 4.79 Å². The summed E-state index contributed by atoms with van der Waals surface area (Å²) in [5.41, 5.74) is 1.16. The summed E-state index contributed by atoms with van der Waals surface area (Å²) in [4.78, 5) is 18.0. The zero-order valence-electron chi connectivity index (χ0n) is 17.0. The van der Waals surface area contributed by atoms with Crippen molar-refractivity contribution in [2.75, 3.05) is 0 Å². The van der Waals surface area contributed by atoms with Crippen LogP contribution in [-0.2, 0) is 0 Å². The number of hydrogen-bond donors (Lipinski definition) is 0. The van der Waals surface area contributed by atoms with Gasteiger partial charge in [0, 0.05) is 11.5 Å². The predicted octanol–water partition coefficient (Wildman–Crippen LogP) is 5.73. The van der Waals surface area contributed by atoms with Gasteiger partial charge in [-0.2, -0.15) is 9.78 Å². The topological polar surface area (TPSA) is 60.4 Å². The second kappa shape index (κ2) is 8.30. The smallest absolute Gasteiger partial charge is 0.282 e. The Morgan fingerprint density at radius 2 is 1.87 bits per heavy atom. The molecule has 5 nitrogen and oxygen atoms in total. The first-order valence-corrected chi connectivity index (χ1v) is 10.6. The second-order valence-electron chi connectivity index (χ2n) is 7.90. The molecule has 1 aliphatic rings. The summed E-state index contributed by atoms with van der Waals surface area (Å²) in [6.45, 7) is 0. The fraction of sp³-hybridized carbons (Fsp3) is 0.240. The first-order valence-electron chi connectivity index (χ1n) is 10.6. The van der Waals surface area contributed by atoms with E-state index < -0.39 is 0 Å². The minimum absolute atomic E-state index is 0.181. The van der Waals surface area contributed by atoms with Gasteiger partial charge < -0.3 is 4.42 Å². The number of fused-ring (bicyclic) bond motifs is 1. The highest BCUT2D eigenvalue weighted by molar-refractivity contribution is 5.79. The highest BCUT2D eigenvalue weighted by atomic mass is 19.1. The summed E-state index contributed by atoms with van der Waals surface area (Å²) in [6.07, 6.45) is 7.01. The van der Waals surface area contributed by atoms with E-state index in [1.54, 1.807) is 30.3 Å². The van der Waals surface area contributed by atoms with E-state index in [0.717, 1.165) is 25.7 Å². The summed E-state index contributed by atoms with van der Waals surface area (Å²) in [6, 6.07) is 17.1. The van der Waals surface area contributed by atoms with Crippen LogP contribution in [0.15, 0.2) is 75.0 Å². The van der Waals surface area contributed by atoms with Crippen LogP contribution in [0.2, 0.25) is 0 Å². The van der Waals surface area contributed by atoms with Gasteiger partial charge in [0.15, 0.2) is 0 Å². The zero-order valence-corrected chi connectivity index (χ0v) is 17.0. The molecule has 156 valence electrons. The van der Waals surface area contributed by atoms with E-state index in [2.05, 4.69) is 5.10 Å². The lowest BCUT2D eigenvalue weighted by molar-refractivity contribution is 0.416. The number of para-hydroxylation sites is 1. The van der Waals surface area contributed by atoms with Gasteiger partial charge in [-0.15, -0.1) is 0 Å². The molecule has 0 radical (unpaired) electrons. The summed E-state index contributed by atoms with van der Waals surface area (Å²) in [7, 11) is 0. The second-order valence-corrected chi connectivity index (χ2v) is 7.90. The SMILES string of the molecule is O=c1c2ccccc2nc(C2CCCCC2)n1N=Cc1ccc(-c2cccc(F)c2)o1. The molecule has 0 amide bonds. The lowest BCUT2D eigenvalue weighted by Gasteiger charge is -2.22. The van der Waals surface area contributed by atoms with Crippen molar-refractivity contribution in [2.24, 2.45) is 5.10 Å². The molecule has 1 saturated carbocycles. The normalized spacial score (nSPS) is 15.1. The Morgan fingerprint density at radius 3 is 2.71 bits per heavy atom. The minimum Gasteiger partial charge on any atom is -0.455 e. The molecule has 0 saturated heterocycles. The Bertz CT molecular complexity index is 1320. The highest BCUT2D eigenvalue weighted by Crippen LogP contribution is 2.31. The van der Waals surface area contributed by atoms with Crippen molar-refractivity contribution in [3.8, 4) is 11.3 Å². The standard InChI is InChI=1S/C25H22FN3O2/c26-19-10-6-9-18(15-19)23-14-13-20(31-23)16-27-29-24(17-7-2-1-3-8-17)28-22-12-5-4-11-21(22)25(29)30/h4-6,9-17H,1-3,7-8H2. The van der Waals surface area contributed by atoms with Crippen molar-refractivity contribution in [3.05, 3.63) is 88.4 Å². The number of nitrogens with zero attached hydrogens (tertiary/aromatic N) is 3. The Morgan fingerprint density at radius 1 is 1.03 bits per heavy atom. The van der Waals surface area contributed by atoms with Crippen molar-refractivity contribution in [1.82, 2.24) is 9.66 Å². The van der Waals surface area contributed by atoms with Crippen LogP contribution in [0.4, 0.5) is 4.39 Å². The molecular formula is C25H22FN3O2. The van der Waals surface area contributed by atoms with Gasteiger partial charge in [0.05, 0.1) is 17.1 Å². The highest BCUT2D eigenvalue weighted by Gasteiger charge is 2.22. The number of furan rings is 1. The van der Waals surface area contributed by atoms with Gasteiger partial charge in [0.25, 0.3) is 5.56 Å². The largest absolute Gasteiger partial charge is 0.455 e. The van der Waals surface area contributed by atoms with Crippen molar-refractivity contribution >= 4 is 17.1 Å². The zero-order chi connectivity index (χ0) is 21.2. The maximum atomic E-state index is 13.5. The fourth-order valence-electron chi connectivity index (χ4n) is 4.21. The third kappa shape index (κ3) is 3.93. The van der Waals surface area contributed by atoms with Crippen molar-refractivity contribution in [2.45, 2.75) is 38.0 Å². The van der Waals surface area contributed by atoms with E-state index in [1.165, 1.54) is 29.4 Å². The molecule has 2 aromatic heterocycles. The Kier molecular flexibility index (Phi) is 5.20. The molecule has 0 unspecified atom stereocenters. The van der Waals surface area contributed by atoms with E-state index in [-0.39, 0.29) is 17.3 Å². The molecule has 5 rings (SSSR count). The molecule has 31 heavy (non-hydrogen) atoms. The predicted molar refractivity (Wildman–Crippen MR) is 119 cm³/mol. The number of hydrogen-bond acceptors (Lipinski definition) is 4. The van der Waals surface area contributed by atoms with Crippen LogP contribution in [-0.4, -0.2) is 15.9 Å². The van der Waals surface area contributed by atoms with Crippen molar-refractivity contribution < 1.29 is 8.81 Å². The molecule has 1 fully saturated rings. The van der Waals surface area contributed by atoms with Crippen LogP contribution in [0.25, 0.3) is 22.2 Å². The van der Waals surface area contributed by atoms with Crippen LogP contribution >= 0.6 is 0 Å². The molecule has 0 atom stereocenters. The van der Waals surface area contributed by atoms with Crippen LogP contribution < -0.4 is 5.56 Å². The molecule has 6 heteroatoms. The third-order valence-electron chi connectivity index (χ3n) is 5.79. The summed E-state index contributed by atoms with van der Waals surface area (Å²) in [5, 5.41) is 5.02. The maximum absolute atomic E-state index is 13.5. The van der Waals surface area contributed by atoms with Crippen molar-refractivity contribution in [3.63, 3.8) is 0 Å². The van der Waals surface area contributed by atoms with Crippen LogP contribution in [0.1, 0.15) is 49.6 Å². The average molecular weight is 415 g/mol. The number of aromatic nitrogens is 2. The van der Waals surface area contributed by atoms with Gasteiger partial charge in [-0.1, -0.05) is 43.5 Å². The molecule has 2 aromatic carbocycles. The van der Waals surface area contributed by atoms with Gasteiger partial charge >= 0.3 is 0 Å². The van der Waals surface area contributed by atoms with Crippen LogP contribution in [0.3, 0.4) is 0 Å². The Hall–Kier alpha value is -3.54. The van der Waals surface area contributed by atoms with Gasteiger partial charge in [0.2, 0.25) is 0 Å². The van der Waals surface area contributed by atoms with E-state index >= 15 is 0 Å². The van der Waals surface area contributed by atoms with Crippen LogP contribution in [0, 0.1) is 5.82 Å². The van der Waals surface area contributed by atoms with Crippen molar-refractivity contribution in [1.29, 1.82) is 0 Å². The summed E-state index contributed by atoms with van der Waals surface area (Å²) in [5.74, 6) is 1.61. The molecule has 0 spiro atoms. The van der Waals surface area contributed by atoms with E-state index in [0.29, 0.717) is 33.8 Å². The third-order valence-corrected chi connectivity index (χ3v) is 5.79. The lowest BCUT2D eigenvalue weighted by atomic mass is 9.88. The molecule has 4 aromatic rings. The molecule has 0 aliphatic heterocycles. The molecule has 0 N–H and O–H groups in total. The monoisotopic (exact) mass is 415 g/mol. The number of benzene rings is 2. The van der Waals surface area contributed by atoms with E-state index in [1.807, 2.05) is 18.2 Å². The first kappa shape index (κ1) is 19.4. The van der Waals surface area contributed by atoms with E-state index in [4.69, 9.17) is 9.40 Å². The Labute approximate surface area is 178 Å². The maximum Gasteiger partial charge on any atom is 0.282 e. The Balaban J connectivity index is 1.54. The van der Waals surface area contributed by atoms with Gasteiger partial charge in [-0.05, 0) is 49.2 Å². The molecule has 2 heterocycles. The molecular weight excluding hydrogens is 393 g/mol. The molecule has 1 aliphatic carbocycles. The fourth-order valence-corrected chi connectivity index (χ4v) is 4.21. The summed E-state index contributed by atoms with van der Waals surface area (Å²) >= 11 is 0. The molecule has 0 bridgehead atoms. The number of rotatable bonds is 4. The number of halogens is 1. The van der Waals surface area contributed by atoms with Gasteiger partial charge in [-0.25, -0.2) is 9.37 Å². The van der Waals surface area contributed by atoms with Crippen LogP contribution in [0.5, 0.6) is 0 Å². The quantitative estimate of drug-likeness (QED) is 0.400. The minimum atomic E-state index is -0.324. The lowest BCUT2D eigenvalue weighted by Crippen LogP contribution is -2.25.